The monoisotopic (exact) mass is 441 g/mol. The van der Waals surface area contributed by atoms with Crippen LogP contribution in [0.5, 0.6) is 5.88 Å². The fraction of sp³-hybridized carbons (Fsp3) is 0.667. The van der Waals surface area contributed by atoms with Crippen LogP contribution < -0.4 is 4.74 Å². The molecule has 5 nitrogen and oxygen atoms in total. The SMILES string of the molecule is CCCCCCCCOc1ccc(-c2cnc(CCCCOCCCCCC)cn2)cn1. The Labute approximate surface area is 195 Å². The van der Waals surface area contributed by atoms with E-state index in [1.54, 1.807) is 0 Å². The summed E-state index contributed by atoms with van der Waals surface area (Å²) in [6.45, 7) is 6.95. The maximum atomic E-state index is 5.76. The number of aromatic nitrogens is 3. The topological polar surface area (TPSA) is 57.1 Å². The molecule has 0 saturated carbocycles. The number of hydrogen-bond donors (Lipinski definition) is 0. The highest BCUT2D eigenvalue weighted by molar-refractivity contribution is 5.56. The zero-order valence-electron chi connectivity index (χ0n) is 20.4. The Hall–Kier alpha value is -2.01. The molecule has 0 fully saturated rings. The highest BCUT2D eigenvalue weighted by Gasteiger charge is 2.04. The van der Waals surface area contributed by atoms with Gasteiger partial charge in [0.25, 0.3) is 0 Å². The van der Waals surface area contributed by atoms with Crippen molar-refractivity contribution in [3.05, 3.63) is 36.4 Å². The van der Waals surface area contributed by atoms with E-state index in [-0.39, 0.29) is 0 Å². The molecule has 0 saturated heterocycles. The number of nitrogens with zero attached hydrogens (tertiary/aromatic N) is 3. The predicted octanol–water partition coefficient (Wildman–Crippen LogP) is 7.20. The van der Waals surface area contributed by atoms with E-state index in [1.165, 1.54) is 57.8 Å². The maximum Gasteiger partial charge on any atom is 0.213 e. The first-order valence-electron chi connectivity index (χ1n) is 12.8. The standard InChI is InChI=1S/C27H43N3O2/c1-3-5-7-9-10-13-20-32-27-17-16-24(21-30-27)26-23-28-25(22-29-26)15-11-14-19-31-18-12-8-6-4-2/h16-17,21-23H,3-15,18-20H2,1-2H3. The van der Waals surface area contributed by atoms with Crippen LogP contribution in [0.15, 0.2) is 30.7 Å². The molecule has 0 aliphatic carbocycles. The Bertz CT molecular complexity index is 689. The molecule has 0 aliphatic rings. The van der Waals surface area contributed by atoms with Gasteiger partial charge in [-0.2, -0.15) is 0 Å². The minimum atomic E-state index is 0.680. The Morgan fingerprint density at radius 3 is 2.00 bits per heavy atom. The highest BCUT2D eigenvalue weighted by Crippen LogP contribution is 2.18. The molecule has 2 aromatic heterocycles. The van der Waals surface area contributed by atoms with E-state index < -0.39 is 0 Å². The van der Waals surface area contributed by atoms with Gasteiger partial charge in [-0.15, -0.1) is 0 Å². The molecule has 0 atom stereocenters. The van der Waals surface area contributed by atoms with Crippen LogP contribution in [0.4, 0.5) is 0 Å². The smallest absolute Gasteiger partial charge is 0.213 e. The molecule has 0 unspecified atom stereocenters. The van der Waals surface area contributed by atoms with Crippen molar-refractivity contribution in [3.63, 3.8) is 0 Å². The van der Waals surface area contributed by atoms with Gasteiger partial charge in [0.1, 0.15) is 0 Å². The Kier molecular flexibility index (Phi) is 14.4. The van der Waals surface area contributed by atoms with Crippen molar-refractivity contribution >= 4 is 0 Å². The van der Waals surface area contributed by atoms with Gasteiger partial charge in [-0.1, -0.05) is 65.2 Å². The van der Waals surface area contributed by atoms with E-state index in [9.17, 15) is 0 Å². The highest BCUT2D eigenvalue weighted by atomic mass is 16.5. The molecule has 0 amide bonds. The normalized spacial score (nSPS) is 11.1. The summed E-state index contributed by atoms with van der Waals surface area (Å²) in [4.78, 5) is 13.6. The Balaban J connectivity index is 1.60. The van der Waals surface area contributed by atoms with Gasteiger partial charge < -0.3 is 9.47 Å². The fourth-order valence-electron chi connectivity index (χ4n) is 3.55. The lowest BCUT2D eigenvalue weighted by molar-refractivity contribution is 0.126. The number of unbranched alkanes of at least 4 members (excludes halogenated alkanes) is 9. The van der Waals surface area contributed by atoms with Crippen molar-refractivity contribution < 1.29 is 9.47 Å². The third-order valence-corrected chi connectivity index (χ3v) is 5.60. The molecule has 0 aliphatic heterocycles. The van der Waals surface area contributed by atoms with Crippen molar-refractivity contribution in [2.45, 2.75) is 97.3 Å². The van der Waals surface area contributed by atoms with Crippen molar-refractivity contribution in [2.24, 2.45) is 0 Å². The zero-order chi connectivity index (χ0) is 22.7. The number of pyridine rings is 1. The zero-order valence-corrected chi connectivity index (χ0v) is 20.4. The van der Waals surface area contributed by atoms with Crippen molar-refractivity contribution in [1.29, 1.82) is 0 Å². The summed E-state index contributed by atoms with van der Waals surface area (Å²) in [5.41, 5.74) is 2.84. The second kappa shape index (κ2) is 17.5. The van der Waals surface area contributed by atoms with Crippen LogP contribution >= 0.6 is 0 Å². The fourth-order valence-corrected chi connectivity index (χ4v) is 3.55. The second-order valence-electron chi connectivity index (χ2n) is 8.52. The molecule has 0 bridgehead atoms. The summed E-state index contributed by atoms with van der Waals surface area (Å²) in [6.07, 6.45) is 21.2. The molecular formula is C27H43N3O2. The lowest BCUT2D eigenvalue weighted by Crippen LogP contribution is -2.00. The Morgan fingerprint density at radius 1 is 0.625 bits per heavy atom. The third-order valence-electron chi connectivity index (χ3n) is 5.60. The second-order valence-corrected chi connectivity index (χ2v) is 8.52. The van der Waals surface area contributed by atoms with Gasteiger partial charge in [0, 0.05) is 37.2 Å². The van der Waals surface area contributed by atoms with E-state index in [0.29, 0.717) is 5.88 Å². The molecule has 5 heteroatoms. The van der Waals surface area contributed by atoms with Gasteiger partial charge in [-0.25, -0.2) is 4.98 Å². The van der Waals surface area contributed by atoms with Gasteiger partial charge in [0.2, 0.25) is 5.88 Å². The summed E-state index contributed by atoms with van der Waals surface area (Å²) in [5, 5.41) is 0. The van der Waals surface area contributed by atoms with Gasteiger partial charge in [-0.3, -0.25) is 9.97 Å². The first-order chi connectivity index (χ1) is 15.8. The van der Waals surface area contributed by atoms with Gasteiger partial charge in [0.05, 0.1) is 24.2 Å². The lowest BCUT2D eigenvalue weighted by atomic mass is 10.1. The summed E-state index contributed by atoms with van der Waals surface area (Å²) in [5.74, 6) is 0.680. The van der Waals surface area contributed by atoms with Crippen LogP contribution in [-0.2, 0) is 11.2 Å². The van der Waals surface area contributed by atoms with Crippen LogP contribution in [0.2, 0.25) is 0 Å². The van der Waals surface area contributed by atoms with Crippen molar-refractivity contribution in [2.75, 3.05) is 19.8 Å². The van der Waals surface area contributed by atoms with Crippen LogP contribution in [-0.4, -0.2) is 34.8 Å². The number of aryl methyl sites for hydroxylation is 1. The van der Waals surface area contributed by atoms with Crippen LogP contribution in [0.3, 0.4) is 0 Å². The summed E-state index contributed by atoms with van der Waals surface area (Å²) in [6, 6.07) is 3.93. The maximum absolute atomic E-state index is 5.76. The van der Waals surface area contributed by atoms with Crippen LogP contribution in [0, 0.1) is 0 Å². The average Bonchev–Trinajstić information content (AvgIpc) is 2.83. The van der Waals surface area contributed by atoms with E-state index in [4.69, 9.17) is 9.47 Å². The molecule has 0 N–H and O–H groups in total. The number of ether oxygens (including phenoxy) is 2. The first kappa shape index (κ1) is 26.2. The third kappa shape index (κ3) is 11.6. The first-order valence-corrected chi connectivity index (χ1v) is 12.8. The molecule has 0 aromatic carbocycles. The van der Waals surface area contributed by atoms with E-state index in [0.717, 1.165) is 62.5 Å². The molecular weight excluding hydrogens is 398 g/mol. The van der Waals surface area contributed by atoms with Gasteiger partial charge >= 0.3 is 0 Å². The molecule has 2 aromatic rings. The molecule has 32 heavy (non-hydrogen) atoms. The van der Waals surface area contributed by atoms with E-state index >= 15 is 0 Å². The molecule has 178 valence electrons. The van der Waals surface area contributed by atoms with Crippen LogP contribution in [0.1, 0.15) is 96.6 Å². The van der Waals surface area contributed by atoms with Gasteiger partial charge in [-0.05, 0) is 38.2 Å². The predicted molar refractivity (Wildman–Crippen MR) is 132 cm³/mol. The lowest BCUT2D eigenvalue weighted by Gasteiger charge is -2.07. The minimum absolute atomic E-state index is 0.680. The summed E-state index contributed by atoms with van der Waals surface area (Å²) < 4.78 is 11.5. The molecule has 2 heterocycles. The summed E-state index contributed by atoms with van der Waals surface area (Å²) in [7, 11) is 0. The molecule has 2 rings (SSSR count). The summed E-state index contributed by atoms with van der Waals surface area (Å²) >= 11 is 0. The quantitative estimate of drug-likeness (QED) is 0.216. The van der Waals surface area contributed by atoms with Crippen molar-refractivity contribution in [3.8, 4) is 17.1 Å². The van der Waals surface area contributed by atoms with Crippen LogP contribution in [0.25, 0.3) is 11.3 Å². The minimum Gasteiger partial charge on any atom is -0.478 e. The van der Waals surface area contributed by atoms with E-state index in [1.807, 2.05) is 30.7 Å². The number of hydrogen-bond acceptors (Lipinski definition) is 5. The molecule has 0 radical (unpaired) electrons. The number of rotatable bonds is 19. The Morgan fingerprint density at radius 2 is 1.31 bits per heavy atom. The largest absolute Gasteiger partial charge is 0.478 e. The van der Waals surface area contributed by atoms with Gasteiger partial charge in [0.15, 0.2) is 0 Å². The average molecular weight is 442 g/mol. The van der Waals surface area contributed by atoms with Crippen molar-refractivity contribution in [1.82, 2.24) is 15.0 Å². The van der Waals surface area contributed by atoms with E-state index in [2.05, 4.69) is 28.8 Å². The molecule has 0 spiro atoms.